The Labute approximate surface area is 118 Å². The van der Waals surface area contributed by atoms with E-state index in [2.05, 4.69) is 15.5 Å². The fourth-order valence-electron chi connectivity index (χ4n) is 1.70. The second kappa shape index (κ2) is 6.12. The fraction of sp³-hybridized carbons (Fsp3) is 0.364. The number of hydrogen-bond acceptors (Lipinski definition) is 5. The van der Waals surface area contributed by atoms with Crippen molar-refractivity contribution in [2.45, 2.75) is 13.0 Å². The van der Waals surface area contributed by atoms with Gasteiger partial charge in [0.05, 0.1) is 0 Å². The molecule has 0 aliphatic heterocycles. The zero-order chi connectivity index (χ0) is 13.8. The van der Waals surface area contributed by atoms with Crippen molar-refractivity contribution in [3.05, 3.63) is 23.2 Å². The highest BCUT2D eigenvalue weighted by Crippen LogP contribution is 2.26. The van der Waals surface area contributed by atoms with E-state index in [0.717, 1.165) is 12.0 Å². The van der Waals surface area contributed by atoms with Gasteiger partial charge in [-0.05, 0) is 35.0 Å². The summed E-state index contributed by atoms with van der Waals surface area (Å²) in [7, 11) is -0.810. The average Bonchev–Trinajstić information content (AvgIpc) is 2.77. The van der Waals surface area contributed by atoms with Gasteiger partial charge < -0.3 is 5.73 Å². The molecule has 0 radical (unpaired) electrons. The Bertz CT molecular complexity index is 601. The van der Waals surface area contributed by atoms with E-state index < -0.39 is 10.8 Å². The van der Waals surface area contributed by atoms with Crippen molar-refractivity contribution in [1.82, 2.24) is 20.2 Å². The summed E-state index contributed by atoms with van der Waals surface area (Å²) < 4.78 is 12.7. The molecule has 1 aromatic heterocycles. The molecule has 2 rings (SSSR count). The zero-order valence-electron chi connectivity index (χ0n) is 10.4. The van der Waals surface area contributed by atoms with E-state index in [9.17, 15) is 4.21 Å². The lowest BCUT2D eigenvalue weighted by Gasteiger charge is -2.06. The van der Waals surface area contributed by atoms with E-state index in [0.29, 0.717) is 28.8 Å². The van der Waals surface area contributed by atoms with Crippen LogP contribution in [-0.4, -0.2) is 36.4 Å². The molecule has 0 aliphatic rings. The van der Waals surface area contributed by atoms with Gasteiger partial charge in [-0.3, -0.25) is 4.21 Å². The largest absolute Gasteiger partial charge is 0.398 e. The number of halogens is 1. The average molecular weight is 300 g/mol. The van der Waals surface area contributed by atoms with Crippen molar-refractivity contribution in [3.63, 3.8) is 0 Å². The van der Waals surface area contributed by atoms with Crippen LogP contribution >= 0.6 is 11.6 Å². The molecule has 0 fully saturated rings. The second-order valence-electron chi connectivity index (χ2n) is 4.09. The van der Waals surface area contributed by atoms with Gasteiger partial charge in [-0.25, -0.2) is 4.68 Å². The molecule has 102 valence electrons. The standard InChI is InChI=1S/C11H14ClN5OS/c1-19(18)6-2-5-17-11(14-15-16-17)9-4-3-8(12)7-10(9)13/h3-4,7H,2,5-6,13H2,1H3. The van der Waals surface area contributed by atoms with E-state index in [-0.39, 0.29) is 0 Å². The Morgan fingerprint density at radius 3 is 2.95 bits per heavy atom. The molecule has 6 nitrogen and oxygen atoms in total. The van der Waals surface area contributed by atoms with Crippen LogP contribution < -0.4 is 5.73 Å². The van der Waals surface area contributed by atoms with Crippen LogP contribution in [0.2, 0.25) is 5.02 Å². The number of rotatable bonds is 5. The van der Waals surface area contributed by atoms with Crippen molar-refractivity contribution >= 4 is 28.1 Å². The quantitative estimate of drug-likeness (QED) is 0.842. The fourth-order valence-corrected chi connectivity index (χ4v) is 2.42. The van der Waals surface area contributed by atoms with Crippen LogP contribution in [0.5, 0.6) is 0 Å². The highest BCUT2D eigenvalue weighted by atomic mass is 35.5. The molecule has 2 aromatic rings. The Balaban J connectivity index is 2.21. The van der Waals surface area contributed by atoms with E-state index in [1.54, 1.807) is 29.1 Å². The molecule has 19 heavy (non-hydrogen) atoms. The van der Waals surface area contributed by atoms with Crippen LogP contribution in [0.4, 0.5) is 5.69 Å². The summed E-state index contributed by atoms with van der Waals surface area (Å²) in [5, 5.41) is 12.1. The van der Waals surface area contributed by atoms with Crippen LogP contribution in [0.15, 0.2) is 18.2 Å². The SMILES string of the molecule is CS(=O)CCCn1nnnc1-c1ccc(Cl)cc1N. The molecule has 2 N–H and O–H groups in total. The summed E-state index contributed by atoms with van der Waals surface area (Å²) in [5.41, 5.74) is 7.19. The molecule has 0 spiro atoms. The number of aryl methyl sites for hydroxylation is 1. The number of nitrogens with two attached hydrogens (primary N) is 1. The normalized spacial score (nSPS) is 12.5. The number of nitrogen functional groups attached to an aromatic ring is 1. The third-order valence-electron chi connectivity index (χ3n) is 2.59. The summed E-state index contributed by atoms with van der Waals surface area (Å²) in [6, 6.07) is 5.20. The van der Waals surface area contributed by atoms with E-state index in [1.807, 2.05) is 0 Å². The predicted molar refractivity (Wildman–Crippen MR) is 76.2 cm³/mol. The lowest BCUT2D eigenvalue weighted by Crippen LogP contribution is -2.07. The van der Waals surface area contributed by atoms with E-state index in [1.165, 1.54) is 0 Å². The molecular formula is C11H14ClN5OS. The minimum absolute atomic E-state index is 0.530. The van der Waals surface area contributed by atoms with Crippen LogP contribution in [-0.2, 0) is 17.3 Å². The Kier molecular flexibility index (Phi) is 4.49. The van der Waals surface area contributed by atoms with Crippen molar-refractivity contribution in [2.24, 2.45) is 0 Å². The predicted octanol–water partition coefficient (Wildman–Crippen LogP) is 1.34. The van der Waals surface area contributed by atoms with Gasteiger partial charge in [0, 0.05) is 45.6 Å². The summed E-state index contributed by atoms with van der Waals surface area (Å²) in [6.07, 6.45) is 2.42. The maximum Gasteiger partial charge on any atom is 0.184 e. The molecular weight excluding hydrogens is 286 g/mol. The van der Waals surface area contributed by atoms with Gasteiger partial charge in [0.1, 0.15) is 0 Å². The summed E-state index contributed by atoms with van der Waals surface area (Å²) in [6.45, 7) is 0.601. The maximum absolute atomic E-state index is 11.0. The third kappa shape index (κ3) is 3.51. The number of benzene rings is 1. The Hall–Kier alpha value is -1.47. The molecule has 0 saturated heterocycles. The van der Waals surface area contributed by atoms with Crippen molar-refractivity contribution < 1.29 is 4.21 Å². The monoisotopic (exact) mass is 299 g/mol. The first-order valence-corrected chi connectivity index (χ1v) is 7.80. The van der Waals surface area contributed by atoms with Gasteiger partial charge in [-0.2, -0.15) is 0 Å². The van der Waals surface area contributed by atoms with Crippen LogP contribution in [0.1, 0.15) is 6.42 Å². The highest BCUT2D eigenvalue weighted by Gasteiger charge is 2.12. The van der Waals surface area contributed by atoms with E-state index >= 15 is 0 Å². The van der Waals surface area contributed by atoms with Gasteiger partial charge >= 0.3 is 0 Å². The molecule has 1 unspecified atom stereocenters. The molecule has 8 heteroatoms. The third-order valence-corrected chi connectivity index (χ3v) is 3.69. The zero-order valence-corrected chi connectivity index (χ0v) is 12.0. The number of aromatic nitrogens is 4. The first kappa shape index (κ1) is 14.0. The van der Waals surface area contributed by atoms with E-state index in [4.69, 9.17) is 17.3 Å². The lowest BCUT2D eigenvalue weighted by atomic mass is 10.1. The van der Waals surface area contributed by atoms with Crippen molar-refractivity contribution in [3.8, 4) is 11.4 Å². The van der Waals surface area contributed by atoms with Gasteiger partial charge in [0.2, 0.25) is 0 Å². The number of nitrogens with zero attached hydrogens (tertiary/aromatic N) is 4. The Morgan fingerprint density at radius 1 is 1.47 bits per heavy atom. The molecule has 0 saturated carbocycles. The minimum atomic E-state index is -0.810. The molecule has 0 aliphatic carbocycles. The summed E-state index contributed by atoms with van der Waals surface area (Å²) >= 11 is 5.86. The van der Waals surface area contributed by atoms with Crippen molar-refractivity contribution in [1.29, 1.82) is 0 Å². The number of tetrazole rings is 1. The minimum Gasteiger partial charge on any atom is -0.398 e. The number of anilines is 1. The van der Waals surface area contributed by atoms with Gasteiger partial charge in [0.15, 0.2) is 5.82 Å². The van der Waals surface area contributed by atoms with Crippen LogP contribution in [0.3, 0.4) is 0 Å². The molecule has 1 heterocycles. The highest BCUT2D eigenvalue weighted by molar-refractivity contribution is 7.84. The molecule has 0 amide bonds. The van der Waals surface area contributed by atoms with Crippen molar-refractivity contribution in [2.75, 3.05) is 17.7 Å². The van der Waals surface area contributed by atoms with Gasteiger partial charge in [-0.1, -0.05) is 11.6 Å². The number of hydrogen-bond donors (Lipinski definition) is 1. The lowest BCUT2D eigenvalue weighted by molar-refractivity contribution is 0.583. The maximum atomic E-state index is 11.0. The Morgan fingerprint density at radius 2 is 2.26 bits per heavy atom. The second-order valence-corrected chi connectivity index (χ2v) is 6.08. The molecule has 0 bridgehead atoms. The van der Waals surface area contributed by atoms with Crippen LogP contribution in [0, 0.1) is 0 Å². The van der Waals surface area contributed by atoms with Gasteiger partial charge in [0.25, 0.3) is 0 Å². The van der Waals surface area contributed by atoms with Gasteiger partial charge in [-0.15, -0.1) is 5.10 Å². The van der Waals surface area contributed by atoms with Crippen LogP contribution in [0.25, 0.3) is 11.4 Å². The first-order chi connectivity index (χ1) is 9.08. The smallest absolute Gasteiger partial charge is 0.184 e. The molecule has 1 atom stereocenters. The summed E-state index contributed by atoms with van der Waals surface area (Å²) in [4.78, 5) is 0. The first-order valence-electron chi connectivity index (χ1n) is 5.69. The summed E-state index contributed by atoms with van der Waals surface area (Å²) in [5.74, 6) is 1.21. The topological polar surface area (TPSA) is 86.7 Å². The molecule has 1 aromatic carbocycles.